The molecule has 0 spiro atoms. The third-order valence-corrected chi connectivity index (χ3v) is 2.37. The second-order valence-electron chi connectivity index (χ2n) is 3.04. The molecule has 82 valence electrons. The van der Waals surface area contributed by atoms with Crippen molar-refractivity contribution < 1.29 is 15.1 Å². The van der Waals surface area contributed by atoms with E-state index in [1.165, 1.54) is 24.3 Å². The molecule has 0 heterocycles. The van der Waals surface area contributed by atoms with Crippen molar-refractivity contribution in [2.75, 3.05) is 5.75 Å². The second kappa shape index (κ2) is 5.11. The molecule has 6 heteroatoms. The Morgan fingerprint density at radius 2 is 1.87 bits per heavy atom. The summed E-state index contributed by atoms with van der Waals surface area (Å²) < 4.78 is 0. The van der Waals surface area contributed by atoms with Crippen molar-refractivity contribution in [2.24, 2.45) is 0 Å². The van der Waals surface area contributed by atoms with Gasteiger partial charge in [0.15, 0.2) is 0 Å². The van der Waals surface area contributed by atoms with E-state index in [9.17, 15) is 20.3 Å². The van der Waals surface area contributed by atoms with Gasteiger partial charge < -0.3 is 10.2 Å². The number of hydrogen-bond donors (Lipinski definition) is 3. The first-order valence-electron chi connectivity index (χ1n) is 4.27. The molecule has 0 aliphatic heterocycles. The van der Waals surface area contributed by atoms with Crippen molar-refractivity contribution in [1.29, 1.82) is 0 Å². The molecule has 0 amide bonds. The van der Waals surface area contributed by atoms with Gasteiger partial charge in [-0.25, -0.2) is 0 Å². The molecule has 0 radical (unpaired) electrons. The average Bonchev–Trinajstić information content (AvgIpc) is 2.27. The van der Waals surface area contributed by atoms with Gasteiger partial charge in [0.05, 0.1) is 11.0 Å². The normalized spacial score (nSPS) is 14.6. The van der Waals surface area contributed by atoms with E-state index in [0.717, 1.165) is 0 Å². The van der Waals surface area contributed by atoms with Gasteiger partial charge in [0.1, 0.15) is 6.10 Å². The Hall–Kier alpha value is -1.11. The summed E-state index contributed by atoms with van der Waals surface area (Å²) >= 11 is 3.84. The van der Waals surface area contributed by atoms with E-state index in [1.54, 1.807) is 0 Å². The maximum atomic E-state index is 10.4. The molecule has 1 rings (SSSR count). The predicted octanol–water partition coefficient (Wildman–Crippen LogP) is 0.919. The van der Waals surface area contributed by atoms with Gasteiger partial charge in [0, 0.05) is 17.9 Å². The highest BCUT2D eigenvalue weighted by atomic mass is 32.1. The molecular weight excluding hydrogens is 218 g/mol. The first-order valence-corrected chi connectivity index (χ1v) is 4.91. The second-order valence-corrected chi connectivity index (χ2v) is 3.41. The summed E-state index contributed by atoms with van der Waals surface area (Å²) in [5, 5.41) is 29.2. The lowest BCUT2D eigenvalue weighted by atomic mass is 10.1. The lowest BCUT2D eigenvalue weighted by Crippen LogP contribution is -2.19. The van der Waals surface area contributed by atoms with E-state index in [2.05, 4.69) is 12.6 Å². The van der Waals surface area contributed by atoms with Gasteiger partial charge in [0.2, 0.25) is 0 Å². The molecule has 1 aromatic rings. The van der Waals surface area contributed by atoms with E-state index < -0.39 is 17.1 Å². The highest BCUT2D eigenvalue weighted by Crippen LogP contribution is 2.20. The zero-order chi connectivity index (χ0) is 11.4. The van der Waals surface area contributed by atoms with Crippen LogP contribution in [0.3, 0.4) is 0 Å². The minimum Gasteiger partial charge on any atom is -0.389 e. The third kappa shape index (κ3) is 2.92. The summed E-state index contributed by atoms with van der Waals surface area (Å²) in [4.78, 5) is 9.83. The van der Waals surface area contributed by atoms with Gasteiger partial charge in [-0.3, -0.25) is 10.1 Å². The number of nitro benzene ring substituents is 1. The molecule has 0 saturated carbocycles. The van der Waals surface area contributed by atoms with Crippen molar-refractivity contribution in [2.45, 2.75) is 12.2 Å². The Morgan fingerprint density at radius 1 is 1.33 bits per heavy atom. The predicted molar refractivity (Wildman–Crippen MR) is 57.9 cm³/mol. The zero-order valence-corrected chi connectivity index (χ0v) is 8.67. The summed E-state index contributed by atoms with van der Waals surface area (Å²) in [6.07, 6.45) is -2.04. The van der Waals surface area contributed by atoms with E-state index in [0.29, 0.717) is 5.56 Å². The molecule has 0 aliphatic carbocycles. The number of hydrogen-bond acceptors (Lipinski definition) is 5. The van der Waals surface area contributed by atoms with Crippen LogP contribution in [-0.4, -0.2) is 27.0 Å². The molecular formula is C9H11NO4S. The first-order chi connectivity index (χ1) is 7.06. The number of nitrogens with zero attached hydrogens (tertiary/aromatic N) is 1. The number of aliphatic hydroxyl groups excluding tert-OH is 2. The Kier molecular flexibility index (Phi) is 4.07. The lowest BCUT2D eigenvalue weighted by Gasteiger charge is -2.15. The molecule has 0 fully saturated rings. The van der Waals surface area contributed by atoms with Gasteiger partial charge in [0.25, 0.3) is 5.69 Å². The highest BCUT2D eigenvalue weighted by molar-refractivity contribution is 7.80. The maximum Gasteiger partial charge on any atom is 0.269 e. The maximum absolute atomic E-state index is 10.4. The fourth-order valence-corrected chi connectivity index (χ4v) is 1.31. The summed E-state index contributed by atoms with van der Waals surface area (Å²) in [5.74, 6) is 0.123. The molecule has 2 atom stereocenters. The minimum absolute atomic E-state index is 0.0497. The van der Waals surface area contributed by atoms with Gasteiger partial charge in [-0.15, -0.1) is 0 Å². The Balaban J connectivity index is 2.84. The van der Waals surface area contributed by atoms with Crippen LogP contribution in [0.2, 0.25) is 0 Å². The van der Waals surface area contributed by atoms with Crippen LogP contribution in [0.15, 0.2) is 24.3 Å². The van der Waals surface area contributed by atoms with E-state index in [1.807, 2.05) is 0 Å². The van der Waals surface area contributed by atoms with Gasteiger partial charge in [-0.2, -0.15) is 12.6 Å². The van der Waals surface area contributed by atoms with E-state index >= 15 is 0 Å². The summed E-state index contributed by atoms with van der Waals surface area (Å²) in [6, 6.07) is 5.39. The van der Waals surface area contributed by atoms with Crippen molar-refractivity contribution in [3.63, 3.8) is 0 Å². The number of nitro groups is 1. The topological polar surface area (TPSA) is 83.6 Å². The summed E-state index contributed by atoms with van der Waals surface area (Å²) in [5.41, 5.74) is 0.383. The molecule has 0 bridgehead atoms. The van der Waals surface area contributed by atoms with Crippen LogP contribution >= 0.6 is 12.6 Å². The highest BCUT2D eigenvalue weighted by Gasteiger charge is 2.17. The quantitative estimate of drug-likeness (QED) is 0.407. The van der Waals surface area contributed by atoms with E-state index in [-0.39, 0.29) is 11.4 Å². The molecule has 2 unspecified atom stereocenters. The third-order valence-electron chi connectivity index (χ3n) is 2.00. The number of thiol groups is 1. The van der Waals surface area contributed by atoms with Crippen LogP contribution in [0.25, 0.3) is 0 Å². The molecule has 2 N–H and O–H groups in total. The number of non-ortho nitro benzene ring substituents is 1. The Bertz CT molecular complexity index is 340. The van der Waals surface area contributed by atoms with Crippen LogP contribution in [-0.2, 0) is 0 Å². The van der Waals surface area contributed by atoms with Crippen LogP contribution in [0, 0.1) is 10.1 Å². The number of benzene rings is 1. The molecule has 0 aliphatic rings. The standard InChI is InChI=1S/C9H11NO4S/c11-8(5-15)9(12)6-1-3-7(4-2-6)10(13)14/h1-4,8-9,11-12,15H,5H2. The van der Waals surface area contributed by atoms with Crippen LogP contribution in [0.5, 0.6) is 0 Å². The van der Waals surface area contributed by atoms with Gasteiger partial charge in [-0.05, 0) is 17.7 Å². The Morgan fingerprint density at radius 3 is 2.27 bits per heavy atom. The molecule has 0 aromatic heterocycles. The van der Waals surface area contributed by atoms with Crippen LogP contribution in [0.1, 0.15) is 11.7 Å². The van der Waals surface area contributed by atoms with Crippen molar-refractivity contribution in [3.05, 3.63) is 39.9 Å². The number of rotatable bonds is 4. The summed E-state index contributed by atoms with van der Waals surface area (Å²) in [6.45, 7) is 0. The van der Waals surface area contributed by atoms with Gasteiger partial charge in [-0.1, -0.05) is 0 Å². The SMILES string of the molecule is O=[N+]([O-])c1ccc(C(O)C(O)CS)cc1. The van der Waals surface area contributed by atoms with Crippen molar-refractivity contribution in [3.8, 4) is 0 Å². The molecule has 15 heavy (non-hydrogen) atoms. The molecule has 5 nitrogen and oxygen atoms in total. The lowest BCUT2D eigenvalue weighted by molar-refractivity contribution is -0.384. The monoisotopic (exact) mass is 229 g/mol. The first kappa shape index (κ1) is 12.0. The van der Waals surface area contributed by atoms with Crippen molar-refractivity contribution in [1.82, 2.24) is 0 Å². The summed E-state index contributed by atoms with van der Waals surface area (Å²) in [7, 11) is 0. The fourth-order valence-electron chi connectivity index (χ4n) is 1.12. The van der Waals surface area contributed by atoms with Crippen molar-refractivity contribution >= 4 is 18.3 Å². The van der Waals surface area contributed by atoms with Crippen LogP contribution < -0.4 is 0 Å². The minimum atomic E-state index is -1.07. The largest absolute Gasteiger partial charge is 0.389 e. The van der Waals surface area contributed by atoms with Gasteiger partial charge >= 0.3 is 0 Å². The van der Waals surface area contributed by atoms with Crippen LogP contribution in [0.4, 0.5) is 5.69 Å². The smallest absolute Gasteiger partial charge is 0.269 e. The average molecular weight is 229 g/mol. The fraction of sp³-hybridized carbons (Fsp3) is 0.333. The molecule has 1 aromatic carbocycles. The van der Waals surface area contributed by atoms with E-state index in [4.69, 9.17) is 0 Å². The Labute approximate surface area is 91.9 Å². The zero-order valence-electron chi connectivity index (χ0n) is 7.78. The molecule has 0 saturated heterocycles. The number of aliphatic hydroxyl groups is 2.